The number of carbonyl (C=O) groups excluding carboxylic acids is 1. The van der Waals surface area contributed by atoms with Crippen molar-refractivity contribution in [1.29, 1.82) is 0 Å². The van der Waals surface area contributed by atoms with Gasteiger partial charge in [0.2, 0.25) is 0 Å². The van der Waals surface area contributed by atoms with Gasteiger partial charge in [-0.15, -0.1) is 0 Å². The maximum Gasteiger partial charge on any atom is 0.197 e. The lowest BCUT2D eigenvalue weighted by Gasteiger charge is -2.50. The number of hydrogen-bond acceptors (Lipinski definition) is 6. The number of nitrogens with one attached hydrogen (secondary N) is 4. The molecule has 116 valence electrons. The van der Waals surface area contributed by atoms with Gasteiger partial charge in [-0.1, -0.05) is 28.1 Å². The fourth-order valence-electron chi connectivity index (χ4n) is 2.64. The molecule has 1 heterocycles. The van der Waals surface area contributed by atoms with Gasteiger partial charge in [-0.2, -0.15) is 0 Å². The molecule has 1 saturated heterocycles. The Hall–Kier alpha value is -0.830. The van der Waals surface area contributed by atoms with Crippen LogP contribution in [0.5, 0.6) is 0 Å². The smallest absolute Gasteiger partial charge is 0.197 e. The van der Waals surface area contributed by atoms with Gasteiger partial charge in [0.25, 0.3) is 0 Å². The van der Waals surface area contributed by atoms with E-state index in [4.69, 9.17) is 4.74 Å². The molecule has 1 aliphatic heterocycles. The molecule has 0 spiro atoms. The fraction of sp³-hybridized carbons (Fsp3) is 0.500. The lowest BCUT2D eigenvalue weighted by Crippen LogP contribution is -2.78. The van der Waals surface area contributed by atoms with Gasteiger partial charge in [0, 0.05) is 4.47 Å². The Morgan fingerprint density at radius 1 is 1.33 bits per heavy atom. The molecule has 7 heteroatoms. The fourth-order valence-corrected chi connectivity index (χ4v) is 3.04. The Morgan fingerprint density at radius 3 is 2.57 bits per heavy atom. The van der Waals surface area contributed by atoms with Gasteiger partial charge in [0.1, 0.15) is 18.0 Å². The van der Waals surface area contributed by atoms with E-state index in [0.717, 1.165) is 16.3 Å². The van der Waals surface area contributed by atoms with E-state index < -0.39 is 17.6 Å². The van der Waals surface area contributed by atoms with Crippen molar-refractivity contribution < 1.29 is 9.53 Å². The normalized spacial score (nSPS) is 28.3. The van der Waals surface area contributed by atoms with E-state index >= 15 is 0 Å². The van der Waals surface area contributed by atoms with E-state index in [1.807, 2.05) is 31.3 Å². The molecule has 1 aromatic rings. The number of halogens is 1. The van der Waals surface area contributed by atoms with Crippen LogP contribution in [0.4, 0.5) is 0 Å². The Morgan fingerprint density at radius 2 is 2.05 bits per heavy atom. The third-order valence-electron chi connectivity index (χ3n) is 3.98. The first-order valence-electron chi connectivity index (χ1n) is 6.75. The predicted molar refractivity (Wildman–Crippen MR) is 84.7 cm³/mol. The van der Waals surface area contributed by atoms with Crippen LogP contribution in [0.25, 0.3) is 0 Å². The molecular formula is C14H21BrN4O2. The average molecular weight is 357 g/mol. The minimum atomic E-state index is -0.923. The van der Waals surface area contributed by atoms with Crippen molar-refractivity contribution in [2.24, 2.45) is 0 Å². The molecule has 21 heavy (non-hydrogen) atoms. The Bertz CT molecular complexity index is 510. The Kier molecular flexibility index (Phi) is 5.13. The average Bonchev–Trinajstić information content (AvgIpc) is 2.54. The second-order valence-electron chi connectivity index (χ2n) is 4.95. The monoisotopic (exact) mass is 356 g/mol. The maximum absolute atomic E-state index is 11.5. The molecule has 0 radical (unpaired) electrons. The number of morpholine rings is 1. The van der Waals surface area contributed by atoms with Crippen molar-refractivity contribution >= 4 is 22.2 Å². The molecule has 0 aliphatic carbocycles. The molecule has 0 aromatic heterocycles. The Labute approximate surface area is 133 Å². The van der Waals surface area contributed by atoms with Crippen LogP contribution in [0, 0.1) is 0 Å². The molecule has 1 aliphatic rings. The summed E-state index contributed by atoms with van der Waals surface area (Å²) in [6.45, 7) is 0.353. The summed E-state index contributed by atoms with van der Waals surface area (Å²) in [5.41, 5.74) is 0.360. The number of hydrogen-bond donors (Lipinski definition) is 4. The van der Waals surface area contributed by atoms with E-state index in [0.29, 0.717) is 6.61 Å². The number of rotatable bonds is 5. The van der Waals surface area contributed by atoms with Gasteiger partial charge in [-0.25, -0.2) is 0 Å². The zero-order valence-electron chi connectivity index (χ0n) is 12.4. The highest BCUT2D eigenvalue weighted by molar-refractivity contribution is 9.10. The zero-order chi connectivity index (χ0) is 15.5. The van der Waals surface area contributed by atoms with Crippen molar-refractivity contribution in [2.75, 3.05) is 27.7 Å². The number of benzene rings is 1. The van der Waals surface area contributed by atoms with Crippen LogP contribution >= 0.6 is 15.9 Å². The SMILES string of the molecule is CNC1(c2cccc(Br)c2)COC(NC)(NC)C(C=O)N1. The van der Waals surface area contributed by atoms with Crippen LogP contribution in [0.3, 0.4) is 0 Å². The summed E-state index contributed by atoms with van der Waals surface area (Å²) in [6, 6.07) is 7.34. The first-order chi connectivity index (χ1) is 10.1. The number of carbonyl (C=O) groups is 1. The van der Waals surface area contributed by atoms with Gasteiger partial charge >= 0.3 is 0 Å². The van der Waals surface area contributed by atoms with Gasteiger partial charge < -0.3 is 9.53 Å². The summed E-state index contributed by atoms with van der Waals surface area (Å²) >= 11 is 3.47. The highest BCUT2D eigenvalue weighted by Crippen LogP contribution is 2.28. The third kappa shape index (κ3) is 2.90. The summed E-state index contributed by atoms with van der Waals surface area (Å²) in [4.78, 5) is 11.5. The van der Waals surface area contributed by atoms with E-state index in [2.05, 4.69) is 37.2 Å². The molecule has 4 N–H and O–H groups in total. The lowest BCUT2D eigenvalue weighted by atomic mass is 9.95. The van der Waals surface area contributed by atoms with Gasteiger partial charge in [-0.3, -0.25) is 21.3 Å². The standard InChI is InChI=1S/C14H21BrN4O2/c1-16-13(10-5-4-6-11(15)7-10)9-21-14(17-2,18-3)12(8-20)19-13/h4-8,12,16-19H,9H2,1-3H3. The van der Waals surface area contributed by atoms with Crippen LogP contribution in [-0.4, -0.2) is 45.9 Å². The minimum Gasteiger partial charge on any atom is -0.342 e. The number of aldehydes is 1. The second kappa shape index (κ2) is 6.51. The first kappa shape index (κ1) is 16.5. The van der Waals surface area contributed by atoms with Crippen molar-refractivity contribution in [3.05, 3.63) is 34.3 Å². The molecule has 0 bridgehead atoms. The quantitative estimate of drug-likeness (QED) is 0.443. The van der Waals surface area contributed by atoms with Crippen molar-refractivity contribution in [2.45, 2.75) is 17.6 Å². The third-order valence-corrected chi connectivity index (χ3v) is 4.47. The molecule has 1 fully saturated rings. The van der Waals surface area contributed by atoms with Crippen molar-refractivity contribution in [3.63, 3.8) is 0 Å². The number of ether oxygens (including phenoxy) is 1. The molecule has 0 amide bonds. The number of likely N-dealkylation sites (N-methyl/N-ethyl adjacent to an activating group) is 3. The molecule has 0 saturated carbocycles. The lowest BCUT2D eigenvalue weighted by molar-refractivity contribution is -0.176. The van der Waals surface area contributed by atoms with Gasteiger partial charge in [0.15, 0.2) is 5.85 Å². The van der Waals surface area contributed by atoms with Crippen molar-refractivity contribution in [3.8, 4) is 0 Å². The molecule has 2 rings (SSSR count). The van der Waals surface area contributed by atoms with E-state index in [1.54, 1.807) is 14.1 Å². The van der Waals surface area contributed by atoms with E-state index in [-0.39, 0.29) is 0 Å². The minimum absolute atomic E-state index is 0.353. The summed E-state index contributed by atoms with van der Waals surface area (Å²) in [6.07, 6.45) is 0.843. The largest absolute Gasteiger partial charge is 0.342 e. The summed E-state index contributed by atoms with van der Waals surface area (Å²) in [7, 11) is 5.34. The summed E-state index contributed by atoms with van der Waals surface area (Å²) in [5, 5.41) is 12.6. The van der Waals surface area contributed by atoms with Crippen LogP contribution in [-0.2, 0) is 15.2 Å². The summed E-state index contributed by atoms with van der Waals surface area (Å²) in [5.74, 6) is -0.923. The summed E-state index contributed by atoms with van der Waals surface area (Å²) < 4.78 is 6.95. The maximum atomic E-state index is 11.5. The topological polar surface area (TPSA) is 74.4 Å². The van der Waals surface area contributed by atoms with E-state index in [1.165, 1.54) is 0 Å². The molecular weight excluding hydrogens is 336 g/mol. The van der Waals surface area contributed by atoms with Crippen LogP contribution < -0.4 is 21.3 Å². The molecule has 2 unspecified atom stereocenters. The molecule has 2 atom stereocenters. The van der Waals surface area contributed by atoms with Crippen LogP contribution in [0.1, 0.15) is 5.56 Å². The molecule has 6 nitrogen and oxygen atoms in total. The highest BCUT2D eigenvalue weighted by Gasteiger charge is 2.49. The van der Waals surface area contributed by atoms with Crippen LogP contribution in [0.2, 0.25) is 0 Å². The second-order valence-corrected chi connectivity index (χ2v) is 5.86. The molecule has 1 aromatic carbocycles. The van der Waals surface area contributed by atoms with Gasteiger partial charge in [0.05, 0.1) is 6.61 Å². The zero-order valence-corrected chi connectivity index (χ0v) is 14.0. The van der Waals surface area contributed by atoms with Gasteiger partial charge in [-0.05, 0) is 38.8 Å². The predicted octanol–water partition coefficient (Wildman–Crippen LogP) is 0.101. The van der Waals surface area contributed by atoms with Crippen molar-refractivity contribution in [1.82, 2.24) is 21.3 Å². The van der Waals surface area contributed by atoms with Crippen LogP contribution in [0.15, 0.2) is 28.7 Å². The Balaban J connectivity index is 2.37. The first-order valence-corrected chi connectivity index (χ1v) is 7.55. The van der Waals surface area contributed by atoms with E-state index in [9.17, 15) is 4.79 Å². The highest BCUT2D eigenvalue weighted by atomic mass is 79.9.